The molecule has 2 N–H and O–H groups in total. The van der Waals surface area contributed by atoms with E-state index in [1.165, 1.54) is 5.56 Å². The number of anilines is 2. The molecule has 110 valence electrons. The molecule has 2 rings (SSSR count). The Balaban J connectivity index is 1.84. The normalized spacial score (nSPS) is 10.5. The average Bonchev–Trinajstić information content (AvgIpc) is 2.48. The number of amides is 1. The first-order chi connectivity index (χ1) is 10.0. The summed E-state index contributed by atoms with van der Waals surface area (Å²) >= 11 is 5.80. The van der Waals surface area contributed by atoms with Gasteiger partial charge in [-0.15, -0.1) is 0 Å². The number of halogens is 1. The molecule has 4 heteroatoms. The van der Waals surface area contributed by atoms with E-state index in [2.05, 4.69) is 36.6 Å². The topological polar surface area (TPSA) is 41.1 Å². The quantitative estimate of drug-likeness (QED) is 0.853. The fourth-order valence-electron chi connectivity index (χ4n) is 1.91. The van der Waals surface area contributed by atoms with E-state index in [4.69, 9.17) is 11.6 Å². The Morgan fingerprint density at radius 1 is 1.00 bits per heavy atom. The number of nitrogens with one attached hydrogen (secondary N) is 2. The van der Waals surface area contributed by atoms with E-state index >= 15 is 0 Å². The summed E-state index contributed by atoms with van der Waals surface area (Å²) in [6, 6.07) is 15.2. The molecule has 0 saturated carbocycles. The first kappa shape index (κ1) is 15.4. The Hall–Kier alpha value is -2.00. The van der Waals surface area contributed by atoms with Gasteiger partial charge in [0.25, 0.3) is 0 Å². The Labute approximate surface area is 130 Å². The third kappa shape index (κ3) is 4.80. The van der Waals surface area contributed by atoms with Crippen molar-refractivity contribution in [2.24, 2.45) is 0 Å². The molecular weight excluding hydrogens is 284 g/mol. The minimum absolute atomic E-state index is 0.0924. The van der Waals surface area contributed by atoms with Crippen LogP contribution in [0.4, 0.5) is 11.4 Å². The van der Waals surface area contributed by atoms with Gasteiger partial charge >= 0.3 is 0 Å². The van der Waals surface area contributed by atoms with Crippen LogP contribution in [-0.2, 0) is 4.79 Å². The first-order valence-corrected chi connectivity index (χ1v) is 7.31. The number of benzene rings is 2. The molecule has 0 aliphatic heterocycles. The molecule has 0 saturated heterocycles. The maximum absolute atomic E-state index is 11.8. The lowest BCUT2D eigenvalue weighted by Gasteiger charge is -2.10. The number of rotatable bonds is 5. The SMILES string of the molecule is CC(C)c1ccc(NCC(=O)Nc2ccc(Cl)cc2)cc1. The third-order valence-electron chi connectivity index (χ3n) is 3.16. The number of hydrogen-bond donors (Lipinski definition) is 2. The lowest BCUT2D eigenvalue weighted by Crippen LogP contribution is -2.21. The van der Waals surface area contributed by atoms with Crippen LogP contribution in [0.2, 0.25) is 5.02 Å². The van der Waals surface area contributed by atoms with E-state index < -0.39 is 0 Å². The van der Waals surface area contributed by atoms with Crippen LogP contribution in [0, 0.1) is 0 Å². The molecule has 0 spiro atoms. The van der Waals surface area contributed by atoms with E-state index in [1.54, 1.807) is 24.3 Å². The molecule has 0 fully saturated rings. The van der Waals surface area contributed by atoms with Crippen LogP contribution in [0.25, 0.3) is 0 Å². The summed E-state index contributed by atoms with van der Waals surface area (Å²) in [7, 11) is 0. The monoisotopic (exact) mass is 302 g/mol. The molecule has 0 atom stereocenters. The molecule has 2 aromatic carbocycles. The highest BCUT2D eigenvalue weighted by atomic mass is 35.5. The van der Waals surface area contributed by atoms with Crippen LogP contribution in [0.15, 0.2) is 48.5 Å². The standard InChI is InChI=1S/C17H19ClN2O/c1-12(2)13-3-7-15(8-4-13)19-11-17(21)20-16-9-5-14(18)6-10-16/h3-10,12,19H,11H2,1-2H3,(H,20,21). The highest BCUT2D eigenvalue weighted by Crippen LogP contribution is 2.17. The second kappa shape index (κ2) is 7.14. The minimum atomic E-state index is -0.0924. The van der Waals surface area contributed by atoms with Crippen molar-refractivity contribution in [1.82, 2.24) is 0 Å². The molecule has 0 aromatic heterocycles. The fraction of sp³-hybridized carbons (Fsp3) is 0.235. The van der Waals surface area contributed by atoms with Gasteiger partial charge in [0.15, 0.2) is 0 Å². The van der Waals surface area contributed by atoms with E-state index in [-0.39, 0.29) is 12.5 Å². The van der Waals surface area contributed by atoms with Crippen LogP contribution >= 0.6 is 11.6 Å². The summed E-state index contributed by atoms with van der Waals surface area (Å²) in [5.41, 5.74) is 2.96. The van der Waals surface area contributed by atoms with Crippen LogP contribution in [0.1, 0.15) is 25.3 Å². The van der Waals surface area contributed by atoms with Gasteiger partial charge in [0.1, 0.15) is 0 Å². The van der Waals surface area contributed by atoms with Crippen LogP contribution < -0.4 is 10.6 Å². The van der Waals surface area contributed by atoms with Gasteiger partial charge in [-0.25, -0.2) is 0 Å². The molecule has 3 nitrogen and oxygen atoms in total. The molecular formula is C17H19ClN2O. The Bertz CT molecular complexity index is 591. The summed E-state index contributed by atoms with van der Waals surface area (Å²) in [5, 5.41) is 6.56. The summed E-state index contributed by atoms with van der Waals surface area (Å²) in [5.74, 6) is 0.414. The van der Waals surface area contributed by atoms with Crippen LogP contribution in [0.5, 0.6) is 0 Å². The van der Waals surface area contributed by atoms with Crippen LogP contribution in [-0.4, -0.2) is 12.5 Å². The summed E-state index contributed by atoms with van der Waals surface area (Å²) in [4.78, 5) is 11.8. The predicted octanol–water partition coefficient (Wildman–Crippen LogP) is 4.51. The molecule has 0 aliphatic rings. The Morgan fingerprint density at radius 2 is 1.57 bits per heavy atom. The van der Waals surface area contributed by atoms with Gasteiger partial charge in [0.05, 0.1) is 6.54 Å². The van der Waals surface area contributed by atoms with Gasteiger partial charge in [0, 0.05) is 16.4 Å². The zero-order valence-corrected chi connectivity index (χ0v) is 12.9. The van der Waals surface area contributed by atoms with E-state index in [0.29, 0.717) is 10.9 Å². The largest absolute Gasteiger partial charge is 0.376 e. The zero-order valence-electron chi connectivity index (χ0n) is 12.2. The van der Waals surface area contributed by atoms with Gasteiger partial charge in [-0.3, -0.25) is 4.79 Å². The van der Waals surface area contributed by atoms with E-state index in [0.717, 1.165) is 11.4 Å². The van der Waals surface area contributed by atoms with Gasteiger partial charge < -0.3 is 10.6 Å². The molecule has 0 unspecified atom stereocenters. The predicted molar refractivity (Wildman–Crippen MR) is 89.1 cm³/mol. The Morgan fingerprint density at radius 3 is 2.14 bits per heavy atom. The molecule has 0 bridgehead atoms. The summed E-state index contributed by atoms with van der Waals surface area (Å²) in [6.07, 6.45) is 0. The summed E-state index contributed by atoms with van der Waals surface area (Å²) < 4.78 is 0. The maximum atomic E-state index is 11.8. The molecule has 0 radical (unpaired) electrons. The second-order valence-corrected chi connectivity index (χ2v) is 5.62. The fourth-order valence-corrected chi connectivity index (χ4v) is 2.03. The van der Waals surface area contributed by atoms with Gasteiger partial charge in [-0.05, 0) is 47.9 Å². The number of hydrogen-bond acceptors (Lipinski definition) is 2. The number of carbonyl (C=O) groups excluding carboxylic acids is 1. The average molecular weight is 303 g/mol. The van der Waals surface area contributed by atoms with E-state index in [9.17, 15) is 4.79 Å². The Kier molecular flexibility index (Phi) is 5.23. The molecule has 2 aromatic rings. The lowest BCUT2D eigenvalue weighted by atomic mass is 10.0. The van der Waals surface area contributed by atoms with Crippen molar-refractivity contribution in [1.29, 1.82) is 0 Å². The highest BCUT2D eigenvalue weighted by molar-refractivity contribution is 6.30. The van der Waals surface area contributed by atoms with E-state index in [1.807, 2.05) is 12.1 Å². The third-order valence-corrected chi connectivity index (χ3v) is 3.41. The number of carbonyl (C=O) groups is 1. The van der Waals surface area contributed by atoms with Crippen molar-refractivity contribution >= 4 is 28.9 Å². The van der Waals surface area contributed by atoms with Crippen molar-refractivity contribution in [3.8, 4) is 0 Å². The first-order valence-electron chi connectivity index (χ1n) is 6.94. The lowest BCUT2D eigenvalue weighted by molar-refractivity contribution is -0.114. The summed E-state index contributed by atoms with van der Waals surface area (Å²) in [6.45, 7) is 4.54. The zero-order chi connectivity index (χ0) is 15.2. The molecule has 21 heavy (non-hydrogen) atoms. The molecule has 0 aliphatic carbocycles. The van der Waals surface area contributed by atoms with Crippen molar-refractivity contribution < 1.29 is 4.79 Å². The van der Waals surface area contributed by atoms with Gasteiger partial charge in [0.2, 0.25) is 5.91 Å². The van der Waals surface area contributed by atoms with Gasteiger partial charge in [-0.1, -0.05) is 37.6 Å². The van der Waals surface area contributed by atoms with Crippen molar-refractivity contribution in [3.63, 3.8) is 0 Å². The van der Waals surface area contributed by atoms with Crippen molar-refractivity contribution in [3.05, 3.63) is 59.1 Å². The van der Waals surface area contributed by atoms with Gasteiger partial charge in [-0.2, -0.15) is 0 Å². The van der Waals surface area contributed by atoms with Crippen molar-refractivity contribution in [2.75, 3.05) is 17.2 Å². The minimum Gasteiger partial charge on any atom is -0.376 e. The molecule has 0 heterocycles. The maximum Gasteiger partial charge on any atom is 0.243 e. The molecule has 1 amide bonds. The van der Waals surface area contributed by atoms with Crippen LogP contribution in [0.3, 0.4) is 0 Å². The second-order valence-electron chi connectivity index (χ2n) is 5.19. The smallest absolute Gasteiger partial charge is 0.243 e. The highest BCUT2D eigenvalue weighted by Gasteiger charge is 2.03. The van der Waals surface area contributed by atoms with Crippen molar-refractivity contribution in [2.45, 2.75) is 19.8 Å².